The molecule has 0 bridgehead atoms. The van der Waals surface area contributed by atoms with Crippen molar-refractivity contribution < 1.29 is 14.8 Å². The van der Waals surface area contributed by atoms with E-state index in [0.29, 0.717) is 12.0 Å². The monoisotopic (exact) mass is 314 g/mol. The van der Waals surface area contributed by atoms with Crippen molar-refractivity contribution in [3.8, 4) is 0 Å². The third-order valence-electron chi connectivity index (χ3n) is 3.65. The van der Waals surface area contributed by atoms with Crippen molar-refractivity contribution in [2.75, 3.05) is 0 Å². The first-order valence-electron chi connectivity index (χ1n) is 7.30. The fraction of sp³-hybridized carbons (Fsp3) is 0.235. The maximum absolute atomic E-state index is 12.2. The molecule has 0 heterocycles. The minimum absolute atomic E-state index is 0.0455. The third-order valence-corrected chi connectivity index (χ3v) is 3.65. The Morgan fingerprint density at radius 3 is 2.48 bits per heavy atom. The molecule has 6 heteroatoms. The van der Waals surface area contributed by atoms with Gasteiger partial charge in [-0.3, -0.25) is 14.9 Å². The molecular weight excluding hydrogens is 296 g/mol. The van der Waals surface area contributed by atoms with Crippen LogP contribution < -0.4 is 5.32 Å². The lowest BCUT2D eigenvalue weighted by atomic mass is 10.1. The van der Waals surface area contributed by atoms with Crippen LogP contribution in [0.4, 0.5) is 5.69 Å². The van der Waals surface area contributed by atoms with Crippen LogP contribution in [0.3, 0.4) is 0 Å². The molecule has 0 aromatic heterocycles. The van der Waals surface area contributed by atoms with E-state index in [4.69, 9.17) is 0 Å². The Balaban J connectivity index is 2.15. The number of nitro benzene ring substituents is 1. The highest BCUT2D eigenvalue weighted by molar-refractivity contribution is 5.95. The molecule has 23 heavy (non-hydrogen) atoms. The quantitative estimate of drug-likeness (QED) is 0.633. The zero-order chi connectivity index (χ0) is 16.8. The van der Waals surface area contributed by atoms with E-state index < -0.39 is 4.92 Å². The Labute approximate surface area is 133 Å². The number of aliphatic hydroxyl groups is 1. The SMILES string of the molecule is CCc1ccc(C(=O)NCc2ccccc2CO)cc1[N+](=O)[O-]. The van der Waals surface area contributed by atoms with E-state index >= 15 is 0 Å². The molecule has 0 fully saturated rings. The predicted octanol–water partition coefficient (Wildman–Crippen LogP) is 2.58. The van der Waals surface area contributed by atoms with Crippen LogP contribution in [0.1, 0.15) is 34.0 Å². The summed E-state index contributed by atoms with van der Waals surface area (Å²) < 4.78 is 0. The van der Waals surface area contributed by atoms with E-state index in [1.165, 1.54) is 6.07 Å². The van der Waals surface area contributed by atoms with Crippen molar-refractivity contribution in [1.29, 1.82) is 0 Å². The number of nitro groups is 1. The van der Waals surface area contributed by atoms with Gasteiger partial charge in [0.15, 0.2) is 0 Å². The van der Waals surface area contributed by atoms with Gasteiger partial charge in [0.25, 0.3) is 11.6 Å². The summed E-state index contributed by atoms with van der Waals surface area (Å²) in [6, 6.07) is 11.7. The zero-order valence-corrected chi connectivity index (χ0v) is 12.8. The number of rotatable bonds is 6. The van der Waals surface area contributed by atoms with Gasteiger partial charge in [-0.15, -0.1) is 0 Å². The van der Waals surface area contributed by atoms with Crippen molar-refractivity contribution in [3.05, 3.63) is 74.8 Å². The van der Waals surface area contributed by atoms with E-state index in [0.717, 1.165) is 11.1 Å². The number of aliphatic hydroxyl groups excluding tert-OH is 1. The van der Waals surface area contributed by atoms with Gasteiger partial charge in [0, 0.05) is 23.7 Å². The van der Waals surface area contributed by atoms with Crippen LogP contribution >= 0.6 is 0 Å². The Hall–Kier alpha value is -2.73. The van der Waals surface area contributed by atoms with Crippen LogP contribution in [0.2, 0.25) is 0 Å². The maximum Gasteiger partial charge on any atom is 0.273 e. The molecule has 2 aromatic carbocycles. The summed E-state index contributed by atoms with van der Waals surface area (Å²) in [6.07, 6.45) is 0.530. The molecule has 2 rings (SSSR count). The molecule has 2 aromatic rings. The highest BCUT2D eigenvalue weighted by Crippen LogP contribution is 2.21. The van der Waals surface area contributed by atoms with Crippen molar-refractivity contribution in [2.45, 2.75) is 26.5 Å². The minimum Gasteiger partial charge on any atom is -0.392 e. The fourth-order valence-electron chi connectivity index (χ4n) is 2.34. The maximum atomic E-state index is 12.2. The van der Waals surface area contributed by atoms with E-state index in [2.05, 4.69) is 5.32 Å². The number of carbonyl (C=O) groups is 1. The smallest absolute Gasteiger partial charge is 0.273 e. The first-order chi connectivity index (χ1) is 11.1. The Kier molecular flexibility index (Phi) is 5.43. The van der Waals surface area contributed by atoms with E-state index in [-0.39, 0.29) is 30.3 Å². The number of amides is 1. The molecule has 0 aliphatic carbocycles. The number of nitrogens with one attached hydrogen (secondary N) is 1. The second-order valence-electron chi connectivity index (χ2n) is 5.06. The third kappa shape index (κ3) is 3.92. The number of nitrogens with zero attached hydrogens (tertiary/aromatic N) is 1. The summed E-state index contributed by atoms with van der Waals surface area (Å²) in [5.74, 6) is -0.386. The van der Waals surface area contributed by atoms with Gasteiger partial charge in [-0.05, 0) is 23.6 Å². The molecule has 0 aliphatic heterocycles. The van der Waals surface area contributed by atoms with E-state index in [1.54, 1.807) is 18.2 Å². The lowest BCUT2D eigenvalue weighted by molar-refractivity contribution is -0.385. The molecule has 0 radical (unpaired) electrons. The molecule has 6 nitrogen and oxygen atoms in total. The molecule has 0 atom stereocenters. The van der Waals surface area contributed by atoms with Crippen LogP contribution in [0.25, 0.3) is 0 Å². The van der Waals surface area contributed by atoms with Crippen molar-refractivity contribution in [3.63, 3.8) is 0 Å². The molecular formula is C17H18N2O4. The highest BCUT2D eigenvalue weighted by Gasteiger charge is 2.16. The van der Waals surface area contributed by atoms with Gasteiger partial charge in [0.05, 0.1) is 11.5 Å². The van der Waals surface area contributed by atoms with Gasteiger partial charge in [0.2, 0.25) is 0 Å². The second kappa shape index (κ2) is 7.51. The average Bonchev–Trinajstić information content (AvgIpc) is 2.59. The molecule has 0 aliphatic rings. The van der Waals surface area contributed by atoms with Crippen LogP contribution in [-0.2, 0) is 19.6 Å². The first kappa shape index (κ1) is 16.6. The summed E-state index contributed by atoms with van der Waals surface area (Å²) >= 11 is 0. The van der Waals surface area contributed by atoms with Crippen LogP contribution in [-0.4, -0.2) is 15.9 Å². The van der Waals surface area contributed by atoms with Crippen LogP contribution in [0.5, 0.6) is 0 Å². The van der Waals surface area contributed by atoms with E-state index in [9.17, 15) is 20.0 Å². The van der Waals surface area contributed by atoms with Crippen LogP contribution in [0, 0.1) is 10.1 Å². The standard InChI is InChI=1S/C17H18N2O4/c1-2-12-7-8-13(9-16(12)19(22)23)17(21)18-10-14-5-3-4-6-15(14)11-20/h3-9,20H,2,10-11H2,1H3,(H,18,21). The zero-order valence-electron chi connectivity index (χ0n) is 12.8. The van der Waals surface area contributed by atoms with Gasteiger partial charge in [-0.2, -0.15) is 0 Å². The molecule has 0 unspecified atom stereocenters. The summed E-state index contributed by atoms with van der Waals surface area (Å²) in [5, 5.41) is 23.1. The number of hydrogen-bond acceptors (Lipinski definition) is 4. The molecule has 0 spiro atoms. The summed E-state index contributed by atoms with van der Waals surface area (Å²) in [6.45, 7) is 1.97. The van der Waals surface area contributed by atoms with Gasteiger partial charge in [0.1, 0.15) is 0 Å². The molecule has 0 saturated heterocycles. The molecule has 0 saturated carbocycles. The first-order valence-corrected chi connectivity index (χ1v) is 7.30. The Morgan fingerprint density at radius 1 is 1.17 bits per heavy atom. The summed E-state index contributed by atoms with van der Waals surface area (Å²) in [4.78, 5) is 22.8. The van der Waals surface area contributed by atoms with Crippen molar-refractivity contribution in [1.82, 2.24) is 5.32 Å². The lowest BCUT2D eigenvalue weighted by Crippen LogP contribution is -2.23. The average molecular weight is 314 g/mol. The largest absolute Gasteiger partial charge is 0.392 e. The minimum atomic E-state index is -0.476. The Bertz CT molecular complexity index is 728. The van der Waals surface area contributed by atoms with Crippen molar-refractivity contribution >= 4 is 11.6 Å². The van der Waals surface area contributed by atoms with Crippen molar-refractivity contribution in [2.24, 2.45) is 0 Å². The van der Waals surface area contributed by atoms with Gasteiger partial charge < -0.3 is 10.4 Å². The van der Waals surface area contributed by atoms with Gasteiger partial charge in [-0.1, -0.05) is 37.3 Å². The number of hydrogen-bond donors (Lipinski definition) is 2. The number of aryl methyl sites for hydroxylation is 1. The highest BCUT2D eigenvalue weighted by atomic mass is 16.6. The Morgan fingerprint density at radius 2 is 1.87 bits per heavy atom. The summed E-state index contributed by atoms with van der Waals surface area (Å²) in [5.41, 5.74) is 2.34. The number of benzene rings is 2. The molecule has 120 valence electrons. The summed E-state index contributed by atoms with van der Waals surface area (Å²) in [7, 11) is 0. The number of carbonyl (C=O) groups excluding carboxylic acids is 1. The van der Waals surface area contributed by atoms with Gasteiger partial charge >= 0.3 is 0 Å². The van der Waals surface area contributed by atoms with Crippen LogP contribution in [0.15, 0.2) is 42.5 Å². The fourth-order valence-corrected chi connectivity index (χ4v) is 2.34. The topological polar surface area (TPSA) is 92.5 Å². The predicted molar refractivity (Wildman–Crippen MR) is 86.0 cm³/mol. The normalized spacial score (nSPS) is 10.3. The van der Waals surface area contributed by atoms with Gasteiger partial charge in [-0.25, -0.2) is 0 Å². The van der Waals surface area contributed by atoms with E-state index in [1.807, 2.05) is 25.1 Å². The second-order valence-corrected chi connectivity index (χ2v) is 5.06. The lowest BCUT2D eigenvalue weighted by Gasteiger charge is -2.09. The molecule has 1 amide bonds. The molecule has 2 N–H and O–H groups in total.